The standard InChI is InChI=1S/C34H40N4O2/c1-2-13-33(39)14-15-34(25-27-7-4-3-5-8-27)29(26-33)10-9-28-24-30(11-12-31(28)34)40-23-22-37-18-20-38(21-19-37)32-35-16-6-17-36-32/h3-8,11-12,16-17,24,29,39H,9-10,14-15,18-23,25-26H2,1H3/t29-,33-,34+/m1/s1. The van der Waals surface area contributed by atoms with Crippen LogP contribution >= 0.6 is 0 Å². The maximum Gasteiger partial charge on any atom is 0.225 e. The van der Waals surface area contributed by atoms with Crippen LogP contribution in [0.1, 0.15) is 49.3 Å². The molecule has 1 aliphatic heterocycles. The van der Waals surface area contributed by atoms with Gasteiger partial charge in [-0.15, -0.1) is 5.92 Å². The maximum absolute atomic E-state index is 11.3. The molecule has 6 nitrogen and oxygen atoms in total. The van der Waals surface area contributed by atoms with Gasteiger partial charge >= 0.3 is 0 Å². The molecule has 3 aromatic rings. The Morgan fingerprint density at radius 1 is 1.00 bits per heavy atom. The zero-order valence-electron chi connectivity index (χ0n) is 23.6. The first-order chi connectivity index (χ1) is 19.6. The number of nitrogens with zero attached hydrogens (tertiary/aromatic N) is 4. The largest absolute Gasteiger partial charge is 0.492 e. The van der Waals surface area contributed by atoms with Crippen LogP contribution in [0.15, 0.2) is 67.0 Å². The average molecular weight is 537 g/mol. The van der Waals surface area contributed by atoms with E-state index in [0.29, 0.717) is 12.5 Å². The summed E-state index contributed by atoms with van der Waals surface area (Å²) in [6.45, 7) is 7.28. The molecule has 40 heavy (non-hydrogen) atoms. The fourth-order valence-electron chi connectivity index (χ4n) is 7.31. The molecule has 2 aliphatic carbocycles. The first kappa shape index (κ1) is 26.8. The summed E-state index contributed by atoms with van der Waals surface area (Å²) < 4.78 is 6.30. The highest BCUT2D eigenvalue weighted by Crippen LogP contribution is 2.54. The van der Waals surface area contributed by atoms with E-state index in [1.165, 1.54) is 16.7 Å². The van der Waals surface area contributed by atoms with E-state index in [0.717, 1.165) is 82.9 Å². The first-order valence-corrected chi connectivity index (χ1v) is 14.8. The zero-order valence-corrected chi connectivity index (χ0v) is 23.6. The smallest absolute Gasteiger partial charge is 0.225 e. The van der Waals surface area contributed by atoms with E-state index in [4.69, 9.17) is 4.74 Å². The number of aromatic nitrogens is 2. The molecular weight excluding hydrogens is 496 g/mol. The summed E-state index contributed by atoms with van der Waals surface area (Å²) in [5.41, 5.74) is 3.39. The molecule has 2 fully saturated rings. The number of aryl methyl sites for hydroxylation is 1. The lowest BCUT2D eigenvalue weighted by Crippen LogP contribution is -2.50. The van der Waals surface area contributed by atoms with E-state index in [9.17, 15) is 5.11 Å². The molecule has 208 valence electrons. The molecule has 3 atom stereocenters. The van der Waals surface area contributed by atoms with E-state index in [1.807, 2.05) is 13.0 Å². The third-order valence-corrected chi connectivity index (χ3v) is 9.33. The van der Waals surface area contributed by atoms with Crippen molar-refractivity contribution in [2.24, 2.45) is 5.92 Å². The van der Waals surface area contributed by atoms with Gasteiger partial charge in [-0.05, 0) is 86.3 Å². The highest BCUT2D eigenvalue weighted by atomic mass is 16.5. The normalized spacial score (nSPS) is 26.2. The Kier molecular flexibility index (Phi) is 7.78. The van der Waals surface area contributed by atoms with Gasteiger partial charge in [-0.2, -0.15) is 0 Å². The van der Waals surface area contributed by atoms with Crippen LogP contribution in [0.4, 0.5) is 5.95 Å². The Morgan fingerprint density at radius 2 is 1.80 bits per heavy atom. The Hall–Kier alpha value is -3.40. The van der Waals surface area contributed by atoms with Gasteiger partial charge in [0.2, 0.25) is 5.95 Å². The third kappa shape index (κ3) is 5.59. The molecule has 0 amide bonds. The number of benzene rings is 2. The summed E-state index contributed by atoms with van der Waals surface area (Å²) in [7, 11) is 0. The van der Waals surface area contributed by atoms with Crippen molar-refractivity contribution in [2.75, 3.05) is 44.2 Å². The minimum absolute atomic E-state index is 0.0251. The predicted octanol–water partition coefficient (Wildman–Crippen LogP) is 4.66. The van der Waals surface area contributed by atoms with Gasteiger partial charge in [0.1, 0.15) is 18.0 Å². The fourth-order valence-corrected chi connectivity index (χ4v) is 7.31. The monoisotopic (exact) mass is 536 g/mol. The lowest BCUT2D eigenvalue weighted by atomic mass is 9.52. The number of anilines is 1. The van der Waals surface area contributed by atoms with Gasteiger partial charge in [-0.25, -0.2) is 9.97 Å². The number of hydrogen-bond acceptors (Lipinski definition) is 6. The van der Waals surface area contributed by atoms with Crippen LogP contribution < -0.4 is 9.64 Å². The minimum Gasteiger partial charge on any atom is -0.492 e. The number of ether oxygens (including phenoxy) is 1. The van der Waals surface area contributed by atoms with E-state index in [1.54, 1.807) is 12.4 Å². The van der Waals surface area contributed by atoms with Gasteiger partial charge in [0, 0.05) is 50.5 Å². The van der Waals surface area contributed by atoms with Crippen molar-refractivity contribution in [1.82, 2.24) is 14.9 Å². The molecule has 1 aromatic heterocycles. The summed E-state index contributed by atoms with van der Waals surface area (Å²) in [4.78, 5) is 13.5. The first-order valence-electron chi connectivity index (χ1n) is 14.8. The van der Waals surface area contributed by atoms with Crippen LogP contribution in [0.3, 0.4) is 0 Å². The number of fused-ring (bicyclic) bond motifs is 3. The second-order valence-electron chi connectivity index (χ2n) is 11.7. The van der Waals surface area contributed by atoms with E-state index in [-0.39, 0.29) is 5.41 Å². The molecule has 6 rings (SSSR count). The molecule has 1 saturated heterocycles. The highest BCUT2D eigenvalue weighted by molar-refractivity contribution is 5.45. The quantitative estimate of drug-likeness (QED) is 0.444. The van der Waals surface area contributed by atoms with Crippen molar-refractivity contribution in [3.05, 3.63) is 83.7 Å². The lowest BCUT2D eigenvalue weighted by molar-refractivity contribution is -0.00805. The second kappa shape index (κ2) is 11.6. The molecule has 2 heterocycles. The van der Waals surface area contributed by atoms with Gasteiger partial charge in [0.05, 0.1) is 0 Å². The second-order valence-corrected chi connectivity index (χ2v) is 11.7. The van der Waals surface area contributed by atoms with Crippen molar-refractivity contribution in [1.29, 1.82) is 0 Å². The number of piperazine rings is 1. The summed E-state index contributed by atoms with van der Waals surface area (Å²) in [5, 5.41) is 11.3. The lowest BCUT2D eigenvalue weighted by Gasteiger charge is -2.52. The van der Waals surface area contributed by atoms with E-state index >= 15 is 0 Å². The van der Waals surface area contributed by atoms with Crippen molar-refractivity contribution >= 4 is 5.95 Å². The van der Waals surface area contributed by atoms with Gasteiger partial charge < -0.3 is 14.7 Å². The third-order valence-electron chi connectivity index (χ3n) is 9.33. The van der Waals surface area contributed by atoms with Crippen LogP contribution in [-0.2, 0) is 18.3 Å². The van der Waals surface area contributed by atoms with Crippen molar-refractivity contribution in [3.63, 3.8) is 0 Å². The minimum atomic E-state index is -0.861. The Bertz CT molecular complexity index is 1350. The Morgan fingerprint density at radius 3 is 2.58 bits per heavy atom. The van der Waals surface area contributed by atoms with Crippen LogP contribution in [0.25, 0.3) is 0 Å². The Labute approximate surface area is 238 Å². The predicted molar refractivity (Wildman–Crippen MR) is 159 cm³/mol. The average Bonchev–Trinajstić information content (AvgIpc) is 2.99. The number of hydrogen-bond donors (Lipinski definition) is 1. The van der Waals surface area contributed by atoms with Crippen LogP contribution in [-0.4, -0.2) is 64.9 Å². The molecule has 0 unspecified atom stereocenters. The van der Waals surface area contributed by atoms with Gasteiger partial charge in [-0.1, -0.05) is 42.3 Å². The molecule has 1 N–H and O–H groups in total. The zero-order chi connectivity index (χ0) is 27.4. The molecule has 1 saturated carbocycles. The number of rotatable bonds is 7. The van der Waals surface area contributed by atoms with Crippen molar-refractivity contribution < 1.29 is 9.84 Å². The topological polar surface area (TPSA) is 61.7 Å². The summed E-state index contributed by atoms with van der Waals surface area (Å²) in [6, 6.07) is 19.5. The van der Waals surface area contributed by atoms with Gasteiger partial charge in [0.15, 0.2) is 0 Å². The molecule has 0 radical (unpaired) electrons. The van der Waals surface area contributed by atoms with Crippen LogP contribution in [0.2, 0.25) is 0 Å². The van der Waals surface area contributed by atoms with Crippen LogP contribution in [0, 0.1) is 17.8 Å². The fraction of sp³-hybridized carbons (Fsp3) is 0.471. The highest BCUT2D eigenvalue weighted by Gasteiger charge is 2.51. The van der Waals surface area contributed by atoms with Crippen molar-refractivity contribution in [2.45, 2.75) is 56.5 Å². The molecule has 0 spiro atoms. The molecule has 2 aromatic carbocycles. The summed E-state index contributed by atoms with van der Waals surface area (Å²) >= 11 is 0. The molecule has 3 aliphatic rings. The summed E-state index contributed by atoms with van der Waals surface area (Å²) in [6.07, 6.45) is 9.13. The van der Waals surface area contributed by atoms with Gasteiger partial charge in [-0.3, -0.25) is 4.90 Å². The van der Waals surface area contributed by atoms with Crippen LogP contribution in [0.5, 0.6) is 5.75 Å². The number of aliphatic hydroxyl groups is 1. The summed E-state index contributed by atoms with van der Waals surface area (Å²) in [5.74, 6) is 8.32. The maximum atomic E-state index is 11.3. The SMILES string of the molecule is CC#C[C@@]1(O)CC[C@@]2(Cc3ccccc3)c3ccc(OCCN4CCN(c5ncccn5)CC4)cc3CC[C@@H]2C1. The van der Waals surface area contributed by atoms with Crippen molar-refractivity contribution in [3.8, 4) is 17.6 Å². The molecule has 0 bridgehead atoms. The van der Waals surface area contributed by atoms with Gasteiger partial charge in [0.25, 0.3) is 0 Å². The molecular formula is C34H40N4O2. The Balaban J connectivity index is 1.12. The van der Waals surface area contributed by atoms with E-state index < -0.39 is 5.60 Å². The van der Waals surface area contributed by atoms with E-state index in [2.05, 4.69) is 80.1 Å². The molecule has 6 heteroatoms.